The summed E-state index contributed by atoms with van der Waals surface area (Å²) in [5.74, 6) is 1.04. The Morgan fingerprint density at radius 1 is 1.11 bits per heavy atom. The second-order valence-electron chi connectivity index (χ2n) is 7.38. The number of ether oxygens (including phenoxy) is 2. The number of hydrogen-bond donors (Lipinski definition) is 0. The average Bonchev–Trinajstić information content (AvgIpc) is 2.75. The summed E-state index contributed by atoms with van der Waals surface area (Å²) in [4.78, 5) is 19.7. The van der Waals surface area contributed by atoms with E-state index in [-0.39, 0.29) is 12.0 Å². The van der Waals surface area contributed by atoms with Gasteiger partial charge in [-0.15, -0.1) is 0 Å². The molecule has 142 valence electrons. The Morgan fingerprint density at radius 2 is 1.85 bits per heavy atom. The van der Waals surface area contributed by atoms with Crippen LogP contribution in [0.4, 0.5) is 0 Å². The zero-order valence-corrected chi connectivity index (χ0v) is 15.5. The van der Waals surface area contributed by atoms with Gasteiger partial charge in [-0.05, 0) is 43.4 Å². The van der Waals surface area contributed by atoms with Crippen molar-refractivity contribution in [2.24, 2.45) is 0 Å². The molecule has 5 nitrogen and oxygen atoms in total. The molecule has 0 aliphatic carbocycles. The van der Waals surface area contributed by atoms with Gasteiger partial charge in [-0.2, -0.15) is 0 Å². The van der Waals surface area contributed by atoms with E-state index >= 15 is 0 Å². The van der Waals surface area contributed by atoms with Crippen LogP contribution in [0.1, 0.15) is 31.2 Å². The SMILES string of the molecule is O=C(N1CCCC(Oc2ccncc2)C1)C1(c2ccccc2)CCOCC1. The lowest BCUT2D eigenvalue weighted by Crippen LogP contribution is -2.54. The van der Waals surface area contributed by atoms with Gasteiger partial charge in [-0.3, -0.25) is 9.78 Å². The Kier molecular flexibility index (Phi) is 5.39. The van der Waals surface area contributed by atoms with Crippen LogP contribution in [0, 0.1) is 0 Å². The van der Waals surface area contributed by atoms with Crippen LogP contribution in [0.3, 0.4) is 0 Å². The number of amides is 1. The minimum atomic E-state index is -0.474. The van der Waals surface area contributed by atoms with Gasteiger partial charge >= 0.3 is 0 Å². The second-order valence-corrected chi connectivity index (χ2v) is 7.38. The number of pyridine rings is 1. The van der Waals surface area contributed by atoms with Crippen molar-refractivity contribution in [2.75, 3.05) is 26.3 Å². The van der Waals surface area contributed by atoms with Crippen molar-refractivity contribution < 1.29 is 14.3 Å². The molecule has 2 aliphatic rings. The molecular formula is C22H26N2O3. The van der Waals surface area contributed by atoms with Crippen molar-refractivity contribution >= 4 is 5.91 Å². The summed E-state index contributed by atoms with van der Waals surface area (Å²) in [6, 6.07) is 13.9. The molecule has 1 atom stereocenters. The van der Waals surface area contributed by atoms with Crippen LogP contribution in [0.2, 0.25) is 0 Å². The van der Waals surface area contributed by atoms with Gasteiger partial charge in [0.25, 0.3) is 0 Å². The Hall–Kier alpha value is -2.40. The van der Waals surface area contributed by atoms with Crippen LogP contribution >= 0.6 is 0 Å². The third kappa shape index (κ3) is 3.83. The predicted octanol–water partition coefficient (Wildman–Crippen LogP) is 3.20. The normalized spacial score (nSPS) is 22.2. The average molecular weight is 366 g/mol. The molecule has 0 spiro atoms. The third-order valence-corrected chi connectivity index (χ3v) is 5.70. The van der Waals surface area contributed by atoms with Crippen LogP contribution in [0.15, 0.2) is 54.9 Å². The highest BCUT2D eigenvalue weighted by molar-refractivity contribution is 5.88. The second kappa shape index (κ2) is 8.09. The summed E-state index contributed by atoms with van der Waals surface area (Å²) in [7, 11) is 0. The maximum atomic E-state index is 13.7. The minimum Gasteiger partial charge on any atom is -0.488 e. The highest BCUT2D eigenvalue weighted by Crippen LogP contribution is 2.37. The van der Waals surface area contributed by atoms with E-state index in [1.54, 1.807) is 12.4 Å². The number of carbonyl (C=O) groups is 1. The first-order valence-electron chi connectivity index (χ1n) is 9.77. The number of piperidine rings is 1. The Labute approximate surface area is 160 Å². The van der Waals surface area contributed by atoms with Gasteiger partial charge in [0.05, 0.1) is 12.0 Å². The molecular weight excluding hydrogens is 340 g/mol. The van der Waals surface area contributed by atoms with Gasteiger partial charge in [-0.1, -0.05) is 30.3 Å². The summed E-state index contributed by atoms with van der Waals surface area (Å²) in [6.45, 7) is 2.69. The van der Waals surface area contributed by atoms with Crippen LogP contribution in [-0.4, -0.2) is 48.2 Å². The Bertz CT molecular complexity index is 745. The molecule has 0 bridgehead atoms. The largest absolute Gasteiger partial charge is 0.488 e. The fraction of sp³-hybridized carbons (Fsp3) is 0.455. The van der Waals surface area contributed by atoms with E-state index in [1.807, 2.05) is 35.2 Å². The van der Waals surface area contributed by atoms with Crippen LogP contribution in [-0.2, 0) is 14.9 Å². The van der Waals surface area contributed by atoms with Crippen molar-refractivity contribution in [3.8, 4) is 5.75 Å². The van der Waals surface area contributed by atoms with Crippen LogP contribution in [0.5, 0.6) is 5.75 Å². The van der Waals surface area contributed by atoms with Crippen molar-refractivity contribution in [3.05, 3.63) is 60.4 Å². The summed E-state index contributed by atoms with van der Waals surface area (Å²) in [5, 5.41) is 0. The molecule has 1 aromatic carbocycles. The summed E-state index contributed by atoms with van der Waals surface area (Å²) < 4.78 is 11.7. The van der Waals surface area contributed by atoms with Crippen LogP contribution < -0.4 is 4.74 Å². The van der Waals surface area contributed by atoms with E-state index in [0.29, 0.717) is 19.8 Å². The van der Waals surface area contributed by atoms with Gasteiger partial charge < -0.3 is 14.4 Å². The number of benzene rings is 1. The molecule has 0 saturated carbocycles. The Morgan fingerprint density at radius 3 is 2.59 bits per heavy atom. The standard InChI is InChI=1S/C22H26N2O3/c25-21(22(10-15-26-16-11-22)18-5-2-1-3-6-18)24-14-4-7-20(17-24)27-19-8-12-23-13-9-19/h1-3,5-6,8-9,12-13,20H,4,7,10-11,14-17H2. The number of nitrogens with zero attached hydrogens (tertiary/aromatic N) is 2. The van der Waals surface area contributed by atoms with Crippen molar-refractivity contribution in [3.63, 3.8) is 0 Å². The molecule has 3 heterocycles. The molecule has 27 heavy (non-hydrogen) atoms. The highest BCUT2D eigenvalue weighted by Gasteiger charge is 2.44. The lowest BCUT2D eigenvalue weighted by atomic mass is 9.72. The lowest BCUT2D eigenvalue weighted by Gasteiger charge is -2.42. The molecule has 2 aromatic rings. The topological polar surface area (TPSA) is 51.7 Å². The van der Waals surface area contributed by atoms with Crippen molar-refractivity contribution in [2.45, 2.75) is 37.2 Å². The summed E-state index contributed by atoms with van der Waals surface area (Å²) in [6.07, 6.45) is 6.89. The van der Waals surface area contributed by atoms with Crippen molar-refractivity contribution in [1.29, 1.82) is 0 Å². The summed E-state index contributed by atoms with van der Waals surface area (Å²) >= 11 is 0. The molecule has 0 N–H and O–H groups in total. The van der Waals surface area contributed by atoms with Gasteiger partial charge in [0.2, 0.25) is 5.91 Å². The van der Waals surface area contributed by atoms with E-state index < -0.39 is 5.41 Å². The molecule has 0 radical (unpaired) electrons. The predicted molar refractivity (Wildman–Crippen MR) is 103 cm³/mol. The van der Waals surface area contributed by atoms with Gasteiger partial charge in [-0.25, -0.2) is 0 Å². The zero-order chi connectivity index (χ0) is 18.5. The zero-order valence-electron chi connectivity index (χ0n) is 15.5. The number of hydrogen-bond acceptors (Lipinski definition) is 4. The molecule has 2 aliphatic heterocycles. The first-order chi connectivity index (χ1) is 13.3. The number of rotatable bonds is 4. The lowest BCUT2D eigenvalue weighted by molar-refractivity contribution is -0.144. The van der Waals surface area contributed by atoms with Gasteiger partial charge in [0.15, 0.2) is 0 Å². The van der Waals surface area contributed by atoms with E-state index in [4.69, 9.17) is 9.47 Å². The van der Waals surface area contributed by atoms with E-state index in [1.165, 1.54) is 0 Å². The molecule has 1 unspecified atom stereocenters. The fourth-order valence-corrected chi connectivity index (χ4v) is 4.23. The van der Waals surface area contributed by atoms with Gasteiger partial charge in [0, 0.05) is 32.2 Å². The molecule has 1 aromatic heterocycles. The van der Waals surface area contributed by atoms with Crippen molar-refractivity contribution in [1.82, 2.24) is 9.88 Å². The monoisotopic (exact) mass is 366 g/mol. The first-order valence-corrected chi connectivity index (χ1v) is 9.77. The molecule has 4 rings (SSSR count). The van der Waals surface area contributed by atoms with E-state index in [2.05, 4.69) is 17.1 Å². The number of likely N-dealkylation sites (tertiary alicyclic amines) is 1. The highest BCUT2D eigenvalue weighted by atomic mass is 16.5. The molecule has 2 fully saturated rings. The van der Waals surface area contributed by atoms with E-state index in [9.17, 15) is 4.79 Å². The molecule has 2 saturated heterocycles. The quantitative estimate of drug-likeness (QED) is 0.834. The fourth-order valence-electron chi connectivity index (χ4n) is 4.23. The maximum Gasteiger partial charge on any atom is 0.233 e. The molecule has 1 amide bonds. The number of aromatic nitrogens is 1. The van der Waals surface area contributed by atoms with Gasteiger partial charge in [0.1, 0.15) is 11.9 Å². The molecule has 5 heteroatoms. The smallest absolute Gasteiger partial charge is 0.233 e. The van der Waals surface area contributed by atoms with E-state index in [0.717, 1.165) is 43.5 Å². The number of carbonyl (C=O) groups excluding carboxylic acids is 1. The van der Waals surface area contributed by atoms with Crippen LogP contribution in [0.25, 0.3) is 0 Å². The first kappa shape index (κ1) is 18.0. The Balaban J connectivity index is 1.52. The maximum absolute atomic E-state index is 13.7. The minimum absolute atomic E-state index is 0.0257. The summed E-state index contributed by atoms with van der Waals surface area (Å²) in [5.41, 5.74) is 0.633. The third-order valence-electron chi connectivity index (χ3n) is 5.70.